The van der Waals surface area contributed by atoms with E-state index in [1.54, 1.807) is 0 Å². The van der Waals surface area contributed by atoms with Gasteiger partial charge in [-0.05, 0) is 62.9 Å². The Kier molecular flexibility index (Phi) is 6.61. The van der Waals surface area contributed by atoms with Crippen molar-refractivity contribution in [3.8, 4) is 5.75 Å². The lowest BCUT2D eigenvalue weighted by Gasteiger charge is -2.32. The topological polar surface area (TPSA) is 84.7 Å². The molecular weight excluding hydrogens is 306 g/mol. The number of benzene rings is 1. The second kappa shape index (κ2) is 8.68. The maximum atomic E-state index is 11.4. The van der Waals surface area contributed by atoms with Gasteiger partial charge < -0.3 is 15.4 Å². The number of nitrogens with two attached hydrogens (primary N) is 1. The number of carbonyl (C=O) groups is 2. The van der Waals surface area contributed by atoms with Gasteiger partial charge >= 0.3 is 6.03 Å². The van der Waals surface area contributed by atoms with Crippen LogP contribution in [0.15, 0.2) is 18.2 Å². The molecule has 0 atom stereocenters. The minimum absolute atomic E-state index is 0.251. The molecule has 1 saturated heterocycles. The number of likely N-dealkylation sites (tertiary alicyclic amines) is 1. The van der Waals surface area contributed by atoms with Crippen LogP contribution in [0.4, 0.5) is 4.79 Å². The van der Waals surface area contributed by atoms with Crippen molar-refractivity contribution in [3.63, 3.8) is 0 Å². The molecule has 132 valence electrons. The summed E-state index contributed by atoms with van der Waals surface area (Å²) in [4.78, 5) is 24.2. The number of imide groups is 1. The number of urea groups is 1. The van der Waals surface area contributed by atoms with E-state index in [1.165, 1.54) is 11.1 Å². The summed E-state index contributed by atoms with van der Waals surface area (Å²) < 4.78 is 6.08. The number of aryl methyl sites for hydroxylation is 2. The number of ether oxygens (including phenoxy) is 1. The first-order valence-corrected chi connectivity index (χ1v) is 8.49. The van der Waals surface area contributed by atoms with E-state index in [1.807, 2.05) is 6.07 Å². The minimum atomic E-state index is -0.788. The molecule has 0 aromatic heterocycles. The Morgan fingerprint density at radius 2 is 1.96 bits per heavy atom. The third kappa shape index (κ3) is 5.85. The van der Waals surface area contributed by atoms with Gasteiger partial charge in [0.15, 0.2) is 0 Å². The molecule has 6 heteroatoms. The summed E-state index contributed by atoms with van der Waals surface area (Å²) in [5, 5.41) is 2.08. The standard InChI is InChI=1S/C18H27N3O3/c1-13-5-6-16(12-14(13)2)24-15-7-10-21(11-8-15)9-3-4-17(22)20-18(19)23/h5-6,12,15H,3-4,7-11H2,1-2H3,(H3,19,20,22,23). The Labute approximate surface area is 143 Å². The van der Waals surface area contributed by atoms with Crippen molar-refractivity contribution < 1.29 is 14.3 Å². The fraction of sp³-hybridized carbons (Fsp3) is 0.556. The summed E-state index contributed by atoms with van der Waals surface area (Å²) in [6, 6.07) is 5.44. The number of carbonyl (C=O) groups excluding carboxylic acids is 2. The highest BCUT2D eigenvalue weighted by atomic mass is 16.5. The van der Waals surface area contributed by atoms with Crippen molar-refractivity contribution in [2.75, 3.05) is 19.6 Å². The molecule has 3 N–H and O–H groups in total. The van der Waals surface area contributed by atoms with Crippen molar-refractivity contribution in [3.05, 3.63) is 29.3 Å². The summed E-state index contributed by atoms with van der Waals surface area (Å²) in [5.74, 6) is 0.634. The molecular formula is C18H27N3O3. The van der Waals surface area contributed by atoms with E-state index in [9.17, 15) is 9.59 Å². The number of hydrogen-bond acceptors (Lipinski definition) is 4. The van der Waals surface area contributed by atoms with E-state index < -0.39 is 6.03 Å². The first kappa shape index (κ1) is 18.3. The van der Waals surface area contributed by atoms with E-state index in [0.717, 1.165) is 44.6 Å². The molecule has 0 radical (unpaired) electrons. The van der Waals surface area contributed by atoms with Crippen LogP contribution in [0.2, 0.25) is 0 Å². The molecule has 1 aliphatic heterocycles. The maximum Gasteiger partial charge on any atom is 0.318 e. The van der Waals surface area contributed by atoms with Crippen molar-refractivity contribution in [2.45, 2.75) is 45.6 Å². The number of rotatable bonds is 6. The van der Waals surface area contributed by atoms with E-state index in [0.29, 0.717) is 6.42 Å². The largest absolute Gasteiger partial charge is 0.490 e. The van der Waals surface area contributed by atoms with Crippen LogP contribution in [0.25, 0.3) is 0 Å². The van der Waals surface area contributed by atoms with Gasteiger partial charge in [0, 0.05) is 19.5 Å². The lowest BCUT2D eigenvalue weighted by Crippen LogP contribution is -2.39. The maximum absolute atomic E-state index is 11.4. The van der Waals surface area contributed by atoms with Crippen LogP contribution in [0, 0.1) is 13.8 Å². The van der Waals surface area contributed by atoms with Gasteiger partial charge in [0.25, 0.3) is 0 Å². The molecule has 1 aromatic rings. The molecule has 0 unspecified atom stereocenters. The molecule has 1 fully saturated rings. The second-order valence-corrected chi connectivity index (χ2v) is 6.42. The van der Waals surface area contributed by atoms with Crippen LogP contribution in [-0.2, 0) is 4.79 Å². The van der Waals surface area contributed by atoms with Crippen LogP contribution in [-0.4, -0.2) is 42.6 Å². The van der Waals surface area contributed by atoms with Crippen LogP contribution < -0.4 is 15.8 Å². The number of piperidine rings is 1. The smallest absolute Gasteiger partial charge is 0.318 e. The summed E-state index contributed by atoms with van der Waals surface area (Å²) in [5.41, 5.74) is 7.43. The second-order valence-electron chi connectivity index (χ2n) is 6.42. The Balaban J connectivity index is 1.67. The van der Waals surface area contributed by atoms with Crippen LogP contribution >= 0.6 is 0 Å². The fourth-order valence-electron chi connectivity index (χ4n) is 2.89. The first-order chi connectivity index (χ1) is 11.4. The molecule has 24 heavy (non-hydrogen) atoms. The minimum Gasteiger partial charge on any atom is -0.490 e. The zero-order valence-electron chi connectivity index (χ0n) is 14.5. The van der Waals surface area contributed by atoms with Crippen molar-refractivity contribution in [2.24, 2.45) is 5.73 Å². The molecule has 0 bridgehead atoms. The predicted molar refractivity (Wildman–Crippen MR) is 93.0 cm³/mol. The number of nitrogens with zero attached hydrogens (tertiary/aromatic N) is 1. The number of nitrogens with one attached hydrogen (secondary N) is 1. The molecule has 0 aliphatic carbocycles. The molecule has 6 nitrogen and oxygen atoms in total. The normalized spacial score (nSPS) is 15.9. The zero-order chi connectivity index (χ0) is 17.5. The number of hydrogen-bond donors (Lipinski definition) is 2. The first-order valence-electron chi connectivity index (χ1n) is 8.49. The van der Waals surface area contributed by atoms with Crippen molar-refractivity contribution >= 4 is 11.9 Å². The zero-order valence-corrected chi connectivity index (χ0v) is 14.5. The molecule has 2 rings (SSSR count). The highest BCUT2D eigenvalue weighted by Gasteiger charge is 2.20. The predicted octanol–water partition coefficient (Wildman–Crippen LogP) is 2.12. The van der Waals surface area contributed by atoms with Crippen LogP contribution in [0.1, 0.15) is 36.8 Å². The quantitative estimate of drug-likeness (QED) is 0.835. The third-order valence-corrected chi connectivity index (χ3v) is 4.46. The highest BCUT2D eigenvalue weighted by Crippen LogP contribution is 2.21. The number of amides is 3. The molecule has 1 heterocycles. The van der Waals surface area contributed by atoms with Gasteiger partial charge in [-0.3, -0.25) is 10.1 Å². The Bertz CT molecular complexity index is 581. The van der Waals surface area contributed by atoms with Crippen molar-refractivity contribution in [1.29, 1.82) is 0 Å². The summed E-state index contributed by atoms with van der Waals surface area (Å²) >= 11 is 0. The van der Waals surface area contributed by atoms with Gasteiger partial charge in [0.1, 0.15) is 11.9 Å². The fourth-order valence-corrected chi connectivity index (χ4v) is 2.89. The van der Waals surface area contributed by atoms with Gasteiger partial charge in [-0.25, -0.2) is 4.79 Å². The van der Waals surface area contributed by atoms with Crippen LogP contribution in [0.5, 0.6) is 5.75 Å². The molecule has 1 aromatic carbocycles. The SMILES string of the molecule is Cc1ccc(OC2CCN(CCCC(=O)NC(N)=O)CC2)cc1C. The Morgan fingerprint density at radius 3 is 2.58 bits per heavy atom. The molecule has 0 spiro atoms. The third-order valence-electron chi connectivity index (χ3n) is 4.46. The highest BCUT2D eigenvalue weighted by molar-refractivity contribution is 5.93. The van der Waals surface area contributed by atoms with Crippen LogP contribution in [0.3, 0.4) is 0 Å². The lowest BCUT2D eigenvalue weighted by molar-refractivity contribution is -0.120. The van der Waals surface area contributed by atoms with Gasteiger partial charge in [0.05, 0.1) is 0 Å². The molecule has 3 amide bonds. The summed E-state index contributed by atoms with van der Waals surface area (Å²) in [6.45, 7) is 6.98. The van der Waals surface area contributed by atoms with E-state index in [4.69, 9.17) is 10.5 Å². The molecule has 0 saturated carbocycles. The average Bonchev–Trinajstić information content (AvgIpc) is 2.52. The summed E-state index contributed by atoms with van der Waals surface area (Å²) in [7, 11) is 0. The Morgan fingerprint density at radius 1 is 1.25 bits per heavy atom. The van der Waals surface area contributed by atoms with Gasteiger partial charge in [-0.2, -0.15) is 0 Å². The monoisotopic (exact) mass is 333 g/mol. The van der Waals surface area contributed by atoms with Gasteiger partial charge in [0.2, 0.25) is 5.91 Å². The van der Waals surface area contributed by atoms with E-state index >= 15 is 0 Å². The molecule has 1 aliphatic rings. The van der Waals surface area contributed by atoms with E-state index in [-0.39, 0.29) is 12.0 Å². The summed E-state index contributed by atoms with van der Waals surface area (Å²) in [6.07, 6.45) is 3.27. The van der Waals surface area contributed by atoms with E-state index in [2.05, 4.69) is 36.2 Å². The Hall–Kier alpha value is -2.08. The van der Waals surface area contributed by atoms with Gasteiger partial charge in [-0.1, -0.05) is 6.07 Å². The van der Waals surface area contributed by atoms with Crippen molar-refractivity contribution in [1.82, 2.24) is 10.2 Å². The van der Waals surface area contributed by atoms with Gasteiger partial charge in [-0.15, -0.1) is 0 Å². The lowest BCUT2D eigenvalue weighted by atomic mass is 10.1. The average molecular weight is 333 g/mol. The number of primary amides is 1.